The van der Waals surface area contributed by atoms with Crippen LogP contribution in [-0.2, 0) is 10.9 Å². The van der Waals surface area contributed by atoms with Crippen molar-refractivity contribution in [3.63, 3.8) is 0 Å². The predicted octanol–water partition coefficient (Wildman–Crippen LogP) is 5.47. The molecule has 0 radical (unpaired) electrons. The van der Waals surface area contributed by atoms with E-state index in [1.165, 1.54) is 23.9 Å². The van der Waals surface area contributed by atoms with E-state index in [9.17, 15) is 31.5 Å². The molecule has 0 aliphatic carbocycles. The molecule has 0 bridgehead atoms. The third-order valence-corrected chi connectivity index (χ3v) is 6.63. The van der Waals surface area contributed by atoms with Gasteiger partial charge >= 0.3 is 18.2 Å². The van der Waals surface area contributed by atoms with Crippen LogP contribution < -0.4 is 16.0 Å². The van der Waals surface area contributed by atoms with Gasteiger partial charge in [0.2, 0.25) is 0 Å². The highest BCUT2D eigenvalue weighted by molar-refractivity contribution is 6.32. The normalized spacial score (nSPS) is 15.2. The lowest BCUT2D eigenvalue weighted by molar-refractivity contribution is -0.137. The SMILES string of the molecule is CO[C@@H](C)c1c(NC(=O)Nc2cnc(-n3cc(NC(=O)N4CC(F)(F)C4)c(Cl)n3)c(C(F)(F)F)c2)cnc2cc(Cl)nn12. The van der Waals surface area contributed by atoms with E-state index in [1.54, 1.807) is 6.92 Å². The Balaban J connectivity index is 1.37. The first kappa shape index (κ1) is 30.2. The Morgan fingerprint density at radius 3 is 2.42 bits per heavy atom. The zero-order valence-electron chi connectivity index (χ0n) is 21.9. The molecule has 5 heterocycles. The maximum atomic E-state index is 14.0. The molecule has 4 aromatic heterocycles. The molecule has 1 fully saturated rings. The number of hydrogen-bond acceptors (Lipinski definition) is 7. The highest BCUT2D eigenvalue weighted by atomic mass is 35.5. The summed E-state index contributed by atoms with van der Waals surface area (Å²) in [4.78, 5) is 33.7. The van der Waals surface area contributed by atoms with Gasteiger partial charge in [0.05, 0.1) is 54.9 Å². The molecule has 5 rings (SSSR count). The van der Waals surface area contributed by atoms with Crippen LogP contribution in [0.25, 0.3) is 11.5 Å². The first-order chi connectivity index (χ1) is 20.1. The molecule has 3 N–H and O–H groups in total. The van der Waals surface area contributed by atoms with E-state index in [2.05, 4.69) is 36.1 Å². The number of likely N-dealkylation sites (tertiary alicyclic amines) is 1. The molecule has 4 aromatic rings. The van der Waals surface area contributed by atoms with Crippen molar-refractivity contribution in [1.82, 2.24) is 34.3 Å². The molecule has 0 spiro atoms. The number of fused-ring (bicyclic) bond motifs is 1. The second kappa shape index (κ2) is 11.1. The van der Waals surface area contributed by atoms with Crippen molar-refractivity contribution in [2.24, 2.45) is 0 Å². The molecule has 4 amide bonds. The summed E-state index contributed by atoms with van der Waals surface area (Å²) in [6.07, 6.45) is -2.38. The van der Waals surface area contributed by atoms with Crippen LogP contribution >= 0.6 is 23.2 Å². The van der Waals surface area contributed by atoms with Crippen molar-refractivity contribution in [3.05, 3.63) is 52.3 Å². The minimum Gasteiger partial charge on any atom is -0.375 e. The summed E-state index contributed by atoms with van der Waals surface area (Å²) in [6, 6.07) is 0.233. The highest BCUT2D eigenvalue weighted by Gasteiger charge is 2.46. The largest absolute Gasteiger partial charge is 0.420 e. The van der Waals surface area contributed by atoms with Gasteiger partial charge in [-0.1, -0.05) is 23.2 Å². The van der Waals surface area contributed by atoms with Gasteiger partial charge in [0, 0.05) is 13.2 Å². The summed E-state index contributed by atoms with van der Waals surface area (Å²) in [5.74, 6) is -3.76. The quantitative estimate of drug-likeness (QED) is 0.235. The van der Waals surface area contributed by atoms with Gasteiger partial charge in [0.15, 0.2) is 21.8 Å². The Bertz CT molecular complexity index is 1720. The number of anilines is 3. The number of alkyl halides is 5. The number of hydrogen-bond donors (Lipinski definition) is 3. The lowest BCUT2D eigenvalue weighted by Gasteiger charge is -2.38. The number of methoxy groups -OCH3 is 1. The molecule has 1 saturated heterocycles. The Labute approximate surface area is 247 Å². The molecule has 1 atom stereocenters. The number of ether oxygens (including phenoxy) is 1. The van der Waals surface area contributed by atoms with Crippen molar-refractivity contribution < 1.29 is 36.3 Å². The first-order valence-corrected chi connectivity index (χ1v) is 12.8. The smallest absolute Gasteiger partial charge is 0.375 e. The van der Waals surface area contributed by atoms with Gasteiger partial charge < -0.3 is 25.6 Å². The van der Waals surface area contributed by atoms with Crippen molar-refractivity contribution in [2.75, 3.05) is 36.1 Å². The fourth-order valence-corrected chi connectivity index (χ4v) is 4.47. The second-order valence-corrected chi connectivity index (χ2v) is 10.0. The predicted molar refractivity (Wildman–Crippen MR) is 143 cm³/mol. The van der Waals surface area contributed by atoms with Crippen molar-refractivity contribution >= 4 is 58.0 Å². The third kappa shape index (κ3) is 6.25. The van der Waals surface area contributed by atoms with Crippen molar-refractivity contribution in [1.29, 1.82) is 0 Å². The monoisotopic (exact) mass is 648 g/mol. The van der Waals surface area contributed by atoms with Crippen LogP contribution in [0.4, 0.5) is 48.6 Å². The van der Waals surface area contributed by atoms with E-state index in [1.807, 2.05) is 0 Å². The maximum absolute atomic E-state index is 14.0. The van der Waals surface area contributed by atoms with Gasteiger partial charge in [-0.3, -0.25) is 0 Å². The number of amides is 4. The van der Waals surface area contributed by atoms with Crippen LogP contribution in [-0.4, -0.2) is 72.4 Å². The minimum absolute atomic E-state index is 0.137. The number of halogens is 7. The van der Waals surface area contributed by atoms with E-state index in [0.717, 1.165) is 17.3 Å². The maximum Gasteiger partial charge on any atom is 0.420 e. The van der Waals surface area contributed by atoms with Crippen LogP contribution in [0, 0.1) is 0 Å². The topological polar surface area (TPSA) is 144 Å². The van der Waals surface area contributed by atoms with Crippen molar-refractivity contribution in [3.8, 4) is 5.82 Å². The molecular weight excluding hydrogens is 630 g/mol. The summed E-state index contributed by atoms with van der Waals surface area (Å²) in [5, 5.41) is 14.6. The van der Waals surface area contributed by atoms with Crippen LogP contribution in [0.5, 0.6) is 0 Å². The van der Waals surface area contributed by atoms with Crippen molar-refractivity contribution in [2.45, 2.75) is 25.1 Å². The standard InChI is InChI=1S/C23H19Cl2F5N10O3/c1-10(43-2)17-13(6-31-16-4-15(24)36-40(16)17)34-20(41)33-11-3-12(23(28,29)30)19(32-5-11)39-7-14(18(25)37-39)35-21(42)38-8-22(26,27)9-38/h3-7,10H,8-9H2,1-2H3,(H,35,42)(H2,33,34,41)/t10-/m0/s1. The van der Waals surface area contributed by atoms with Gasteiger partial charge in [-0.2, -0.15) is 23.4 Å². The third-order valence-electron chi connectivity index (χ3n) is 6.17. The second-order valence-electron chi connectivity index (χ2n) is 9.26. The zero-order valence-corrected chi connectivity index (χ0v) is 23.4. The summed E-state index contributed by atoms with van der Waals surface area (Å²) in [5.41, 5.74) is -1.01. The number of aromatic nitrogens is 6. The molecular formula is C23H19Cl2F5N10O3. The van der Waals surface area contributed by atoms with E-state index in [-0.39, 0.29) is 22.2 Å². The fraction of sp³-hybridized carbons (Fsp3) is 0.304. The van der Waals surface area contributed by atoms with Crippen LogP contribution in [0.15, 0.2) is 30.7 Å². The number of rotatable bonds is 6. The number of urea groups is 2. The Morgan fingerprint density at radius 2 is 1.77 bits per heavy atom. The molecule has 0 saturated carbocycles. The summed E-state index contributed by atoms with van der Waals surface area (Å²) in [6.45, 7) is 0.0389. The molecule has 228 valence electrons. The number of carbonyl (C=O) groups excluding carboxylic acids is 2. The Hall–Kier alpha value is -4.29. The van der Waals surface area contributed by atoms with Gasteiger partial charge in [0.25, 0.3) is 5.92 Å². The van der Waals surface area contributed by atoms with Crippen LogP contribution in [0.1, 0.15) is 24.3 Å². The summed E-state index contributed by atoms with van der Waals surface area (Å²) < 4.78 is 75.6. The molecule has 13 nitrogen and oxygen atoms in total. The molecule has 0 aromatic carbocycles. The fourth-order valence-electron chi connectivity index (χ4n) is 4.12. The lowest BCUT2D eigenvalue weighted by Crippen LogP contribution is -2.59. The Kier molecular flexibility index (Phi) is 7.78. The van der Waals surface area contributed by atoms with Crippen LogP contribution in [0.2, 0.25) is 10.3 Å². The number of nitrogens with zero attached hydrogens (tertiary/aromatic N) is 7. The lowest BCUT2D eigenvalue weighted by atomic mass is 10.2. The first-order valence-electron chi connectivity index (χ1n) is 12.1. The van der Waals surface area contributed by atoms with E-state index in [0.29, 0.717) is 22.1 Å². The van der Waals surface area contributed by atoms with Gasteiger partial charge in [0.1, 0.15) is 11.3 Å². The van der Waals surface area contributed by atoms with E-state index in [4.69, 9.17) is 27.9 Å². The summed E-state index contributed by atoms with van der Waals surface area (Å²) >= 11 is 11.9. The molecule has 43 heavy (non-hydrogen) atoms. The zero-order chi connectivity index (χ0) is 31.3. The van der Waals surface area contributed by atoms with Gasteiger partial charge in [-0.05, 0) is 13.0 Å². The minimum atomic E-state index is -4.98. The number of nitrogens with one attached hydrogen (secondary N) is 3. The molecule has 1 aliphatic heterocycles. The Morgan fingerprint density at radius 1 is 1.05 bits per heavy atom. The highest BCUT2D eigenvalue weighted by Crippen LogP contribution is 2.36. The molecule has 1 aliphatic rings. The average Bonchev–Trinajstić information content (AvgIpc) is 3.47. The van der Waals surface area contributed by atoms with E-state index < -0.39 is 59.9 Å². The van der Waals surface area contributed by atoms with Gasteiger partial charge in [-0.25, -0.2) is 37.5 Å². The number of carbonyl (C=O) groups is 2. The van der Waals surface area contributed by atoms with Crippen LogP contribution in [0.3, 0.4) is 0 Å². The van der Waals surface area contributed by atoms with E-state index >= 15 is 0 Å². The molecule has 20 heteroatoms. The van der Waals surface area contributed by atoms with Gasteiger partial charge in [-0.15, -0.1) is 0 Å². The average molecular weight is 649 g/mol. The molecule has 0 unspecified atom stereocenters. The summed E-state index contributed by atoms with van der Waals surface area (Å²) in [7, 11) is 1.43. The number of pyridine rings is 1.